The van der Waals surface area contributed by atoms with Crippen molar-refractivity contribution in [3.8, 4) is 0 Å². The van der Waals surface area contributed by atoms with Crippen LogP contribution < -0.4 is 0 Å². The molecule has 1 aliphatic rings. The van der Waals surface area contributed by atoms with Crippen LogP contribution in [0.15, 0.2) is 41.3 Å². The number of imide groups is 1. The monoisotopic (exact) mass is 380 g/mol. The Bertz CT molecular complexity index is 878. The molecule has 2 aromatic rings. The number of halogens is 1. The van der Waals surface area contributed by atoms with Crippen molar-refractivity contribution in [2.24, 2.45) is 0 Å². The second kappa shape index (κ2) is 6.76. The van der Waals surface area contributed by atoms with Gasteiger partial charge in [-0.3, -0.25) is 24.6 Å². The quantitative estimate of drug-likeness (QED) is 0.441. The van der Waals surface area contributed by atoms with E-state index in [1.54, 1.807) is 30.3 Å². The molecule has 1 fully saturated rings. The van der Waals surface area contributed by atoms with Crippen LogP contribution >= 0.6 is 34.7 Å². The van der Waals surface area contributed by atoms with Crippen molar-refractivity contribution < 1.29 is 14.5 Å². The number of nitro groups is 1. The Hall–Kier alpha value is -2.16. The predicted molar refractivity (Wildman–Crippen MR) is 93.9 cm³/mol. The van der Waals surface area contributed by atoms with E-state index in [1.807, 2.05) is 0 Å². The molecule has 24 heavy (non-hydrogen) atoms. The highest BCUT2D eigenvalue weighted by atomic mass is 35.5. The molecule has 6 nitrogen and oxygen atoms in total. The molecule has 122 valence electrons. The summed E-state index contributed by atoms with van der Waals surface area (Å²) in [5.74, 6) is -0.416. The number of carbonyl (C=O) groups is 2. The number of hydrogen-bond donors (Lipinski definition) is 0. The van der Waals surface area contributed by atoms with Gasteiger partial charge >= 0.3 is 5.00 Å². The summed E-state index contributed by atoms with van der Waals surface area (Å²) in [7, 11) is 0. The molecule has 1 aromatic carbocycles. The van der Waals surface area contributed by atoms with Crippen LogP contribution in [0, 0.1) is 10.1 Å². The van der Waals surface area contributed by atoms with Crippen LogP contribution in [0.4, 0.5) is 9.80 Å². The summed E-state index contributed by atoms with van der Waals surface area (Å²) in [5.41, 5.74) is 0.748. The van der Waals surface area contributed by atoms with Crippen molar-refractivity contribution >= 4 is 56.9 Å². The van der Waals surface area contributed by atoms with Crippen LogP contribution in [-0.2, 0) is 11.3 Å². The predicted octanol–water partition coefficient (Wildman–Crippen LogP) is 4.55. The lowest BCUT2D eigenvalue weighted by Gasteiger charge is -2.12. The highest BCUT2D eigenvalue weighted by Gasteiger charge is 2.35. The average molecular weight is 381 g/mol. The number of amides is 2. The van der Waals surface area contributed by atoms with Gasteiger partial charge in [0.25, 0.3) is 11.1 Å². The summed E-state index contributed by atoms with van der Waals surface area (Å²) >= 11 is 7.68. The van der Waals surface area contributed by atoms with E-state index in [0.717, 1.165) is 33.6 Å². The van der Waals surface area contributed by atoms with E-state index in [-0.39, 0.29) is 21.7 Å². The number of hydrogen-bond acceptors (Lipinski definition) is 6. The molecule has 0 saturated carbocycles. The van der Waals surface area contributed by atoms with Gasteiger partial charge in [0.05, 0.1) is 16.4 Å². The maximum absolute atomic E-state index is 12.4. The molecule has 1 aliphatic heterocycles. The van der Waals surface area contributed by atoms with E-state index in [2.05, 4.69) is 0 Å². The van der Waals surface area contributed by atoms with Crippen molar-refractivity contribution in [1.29, 1.82) is 0 Å². The van der Waals surface area contributed by atoms with Crippen molar-refractivity contribution in [2.75, 3.05) is 0 Å². The topological polar surface area (TPSA) is 80.5 Å². The lowest BCUT2D eigenvalue weighted by Crippen LogP contribution is -2.27. The van der Waals surface area contributed by atoms with Gasteiger partial charge in [-0.25, -0.2) is 0 Å². The molecule has 0 aliphatic carbocycles. The Morgan fingerprint density at radius 2 is 2.04 bits per heavy atom. The summed E-state index contributed by atoms with van der Waals surface area (Å²) in [5, 5.41) is 10.8. The molecule has 0 radical (unpaired) electrons. The van der Waals surface area contributed by atoms with Crippen molar-refractivity contribution in [3.05, 3.63) is 66.9 Å². The number of nitrogens with zero attached hydrogens (tertiary/aromatic N) is 2. The second-order valence-electron chi connectivity index (χ2n) is 4.83. The van der Waals surface area contributed by atoms with Crippen LogP contribution in [0.2, 0.25) is 5.02 Å². The van der Waals surface area contributed by atoms with Gasteiger partial charge in [-0.05, 0) is 41.6 Å². The third kappa shape index (κ3) is 3.50. The first kappa shape index (κ1) is 16.7. The second-order valence-corrected chi connectivity index (χ2v) is 7.35. The van der Waals surface area contributed by atoms with E-state index in [4.69, 9.17) is 11.6 Å². The standard InChI is InChI=1S/C15H9ClN2O4S2/c16-10-3-1-2-9(6-10)8-17-14(19)12(24-15(17)20)7-11-4-5-13(23-11)18(21)22/h1-7H,8H2/b12-7-. The van der Waals surface area contributed by atoms with Gasteiger partial charge < -0.3 is 0 Å². The molecular formula is C15H9ClN2O4S2. The summed E-state index contributed by atoms with van der Waals surface area (Å²) in [4.78, 5) is 36.6. The van der Waals surface area contributed by atoms with Gasteiger partial charge in [0, 0.05) is 16.0 Å². The molecule has 0 spiro atoms. The minimum Gasteiger partial charge on any atom is -0.268 e. The van der Waals surface area contributed by atoms with Gasteiger partial charge in [-0.15, -0.1) is 0 Å². The number of carbonyl (C=O) groups excluding carboxylic acids is 2. The lowest BCUT2D eigenvalue weighted by atomic mass is 10.2. The molecule has 3 rings (SSSR count). The van der Waals surface area contributed by atoms with Crippen molar-refractivity contribution in [2.45, 2.75) is 6.54 Å². The molecule has 2 heterocycles. The first-order valence-electron chi connectivity index (χ1n) is 6.68. The average Bonchev–Trinajstić information content (AvgIpc) is 3.09. The van der Waals surface area contributed by atoms with E-state index in [0.29, 0.717) is 9.90 Å². The molecule has 9 heteroatoms. The molecule has 1 saturated heterocycles. The van der Waals surface area contributed by atoms with E-state index >= 15 is 0 Å². The molecular weight excluding hydrogens is 372 g/mol. The van der Waals surface area contributed by atoms with Gasteiger partial charge in [0.1, 0.15) is 0 Å². The van der Waals surface area contributed by atoms with E-state index in [1.165, 1.54) is 12.1 Å². The number of thioether (sulfide) groups is 1. The Morgan fingerprint density at radius 1 is 1.25 bits per heavy atom. The van der Waals surface area contributed by atoms with Crippen molar-refractivity contribution in [1.82, 2.24) is 4.90 Å². The first-order valence-corrected chi connectivity index (χ1v) is 8.69. The van der Waals surface area contributed by atoms with E-state index < -0.39 is 10.8 Å². The first-order chi connectivity index (χ1) is 11.4. The summed E-state index contributed by atoms with van der Waals surface area (Å²) in [6.45, 7) is 0.132. The highest BCUT2D eigenvalue weighted by Crippen LogP contribution is 2.35. The van der Waals surface area contributed by atoms with Crippen LogP contribution in [0.1, 0.15) is 10.4 Å². The molecule has 2 amide bonds. The molecule has 0 bridgehead atoms. The van der Waals surface area contributed by atoms with Gasteiger partial charge in [0.2, 0.25) is 0 Å². The fourth-order valence-corrected chi connectivity index (χ4v) is 3.98. The normalized spacial score (nSPS) is 16.2. The third-order valence-electron chi connectivity index (χ3n) is 3.17. The minimum atomic E-state index is -0.493. The number of thiophene rings is 1. The number of rotatable bonds is 4. The van der Waals surface area contributed by atoms with Gasteiger partial charge in [-0.2, -0.15) is 0 Å². The zero-order chi connectivity index (χ0) is 17.3. The summed E-state index contributed by atoms with van der Waals surface area (Å²) in [6, 6.07) is 9.85. The molecule has 0 unspecified atom stereocenters. The SMILES string of the molecule is O=C1S/C(=C\c2ccc([N+](=O)[O-])s2)C(=O)N1Cc1cccc(Cl)c1. The fourth-order valence-electron chi connectivity index (χ4n) is 2.10. The smallest absolute Gasteiger partial charge is 0.268 e. The Kier molecular flexibility index (Phi) is 4.70. The van der Waals surface area contributed by atoms with Gasteiger partial charge in [0.15, 0.2) is 0 Å². The summed E-state index contributed by atoms with van der Waals surface area (Å²) < 4.78 is 0. The Labute approximate surface area is 149 Å². The molecule has 1 aromatic heterocycles. The lowest BCUT2D eigenvalue weighted by molar-refractivity contribution is -0.380. The zero-order valence-electron chi connectivity index (χ0n) is 12.0. The van der Waals surface area contributed by atoms with Crippen LogP contribution in [0.5, 0.6) is 0 Å². The maximum atomic E-state index is 12.4. The largest absolute Gasteiger partial charge is 0.324 e. The third-order valence-corrected chi connectivity index (χ3v) is 5.30. The van der Waals surface area contributed by atoms with Gasteiger partial charge in [-0.1, -0.05) is 35.1 Å². The van der Waals surface area contributed by atoms with E-state index in [9.17, 15) is 19.7 Å². The zero-order valence-corrected chi connectivity index (χ0v) is 14.4. The van der Waals surface area contributed by atoms with Crippen LogP contribution in [0.25, 0.3) is 6.08 Å². The molecule has 0 atom stereocenters. The highest BCUT2D eigenvalue weighted by molar-refractivity contribution is 8.18. The minimum absolute atomic E-state index is 0.0144. The Balaban J connectivity index is 1.80. The maximum Gasteiger partial charge on any atom is 0.324 e. The summed E-state index contributed by atoms with van der Waals surface area (Å²) in [6.07, 6.45) is 1.50. The van der Waals surface area contributed by atoms with Crippen LogP contribution in [-0.4, -0.2) is 21.0 Å². The number of benzene rings is 1. The fraction of sp³-hybridized carbons (Fsp3) is 0.0667. The molecule has 0 N–H and O–H groups in total. The Morgan fingerprint density at radius 3 is 2.71 bits per heavy atom. The van der Waals surface area contributed by atoms with Crippen LogP contribution in [0.3, 0.4) is 0 Å². The van der Waals surface area contributed by atoms with Crippen molar-refractivity contribution in [3.63, 3.8) is 0 Å².